The third kappa shape index (κ3) is 4.35. The van der Waals surface area contributed by atoms with Gasteiger partial charge in [-0.25, -0.2) is 9.78 Å². The van der Waals surface area contributed by atoms with Crippen LogP contribution in [-0.4, -0.2) is 35.8 Å². The first-order chi connectivity index (χ1) is 13.7. The molecule has 0 radical (unpaired) electrons. The minimum atomic E-state index is -0.354. The van der Waals surface area contributed by atoms with Crippen molar-refractivity contribution in [2.75, 3.05) is 20.3 Å². The van der Waals surface area contributed by atoms with Crippen molar-refractivity contribution in [3.8, 4) is 6.07 Å². The summed E-state index contributed by atoms with van der Waals surface area (Å²) in [5, 5.41) is 10.1. The van der Waals surface area contributed by atoms with Gasteiger partial charge in [-0.15, -0.1) is 0 Å². The van der Waals surface area contributed by atoms with Crippen molar-refractivity contribution >= 4 is 28.8 Å². The van der Waals surface area contributed by atoms with Crippen LogP contribution in [0.2, 0.25) is 0 Å². The first kappa shape index (κ1) is 19.9. The summed E-state index contributed by atoms with van der Waals surface area (Å²) in [7, 11) is 1.66. The molecule has 0 N–H and O–H groups in total. The number of ether oxygens (including phenoxy) is 2. The Bertz CT molecular complexity index is 1020. The maximum Gasteiger partial charge on any atom is 0.338 e. The van der Waals surface area contributed by atoms with E-state index in [2.05, 4.69) is 10.6 Å². The fraction of sp³-hybridized carbons (Fsp3) is 0.286. The molecule has 0 spiro atoms. The molecule has 28 heavy (non-hydrogen) atoms. The van der Waals surface area contributed by atoms with E-state index in [1.807, 2.05) is 30.3 Å². The van der Waals surface area contributed by atoms with Gasteiger partial charge in [-0.1, -0.05) is 30.0 Å². The predicted molar refractivity (Wildman–Crippen MR) is 108 cm³/mol. The monoisotopic (exact) mass is 395 g/mol. The van der Waals surface area contributed by atoms with Gasteiger partial charge in [0.25, 0.3) is 0 Å². The van der Waals surface area contributed by atoms with Crippen molar-refractivity contribution < 1.29 is 14.3 Å². The average molecular weight is 395 g/mol. The molecule has 0 aliphatic carbocycles. The Morgan fingerprint density at radius 2 is 2.11 bits per heavy atom. The van der Waals surface area contributed by atoms with E-state index in [9.17, 15) is 10.1 Å². The number of fused-ring (bicyclic) bond motifs is 1. The molecule has 0 atom stereocenters. The lowest BCUT2D eigenvalue weighted by Crippen LogP contribution is -2.06. The molecule has 7 heteroatoms. The Kier molecular flexibility index (Phi) is 6.69. The summed E-state index contributed by atoms with van der Waals surface area (Å²) in [5.41, 5.74) is 3.78. The number of esters is 1. The van der Waals surface area contributed by atoms with Gasteiger partial charge in [0.1, 0.15) is 0 Å². The molecule has 6 nitrogen and oxygen atoms in total. The van der Waals surface area contributed by atoms with Gasteiger partial charge in [0.2, 0.25) is 0 Å². The molecule has 0 amide bonds. The maximum atomic E-state index is 12.0. The molecule has 0 saturated carbocycles. The Morgan fingerprint density at radius 3 is 2.86 bits per heavy atom. The van der Waals surface area contributed by atoms with E-state index < -0.39 is 0 Å². The maximum absolute atomic E-state index is 12.0. The lowest BCUT2D eigenvalue weighted by Gasteiger charge is -2.09. The summed E-state index contributed by atoms with van der Waals surface area (Å²) in [6.07, 6.45) is 0. The van der Waals surface area contributed by atoms with E-state index in [0.717, 1.165) is 21.8 Å². The standard InChI is InChI=1S/C21H21N3O3S/c1-3-27-20(25)15-8-9-19-18(12-15)23-21(24(19)10-11-26-2)28-14-17-7-5-4-6-16(17)13-22/h4-9,12H,3,10-11,14H2,1-2H3. The second-order valence-electron chi connectivity index (χ2n) is 6.02. The van der Waals surface area contributed by atoms with Crippen LogP contribution in [0.1, 0.15) is 28.4 Å². The minimum Gasteiger partial charge on any atom is -0.462 e. The van der Waals surface area contributed by atoms with Gasteiger partial charge in [0.05, 0.1) is 41.4 Å². The molecule has 0 aliphatic rings. The first-order valence-electron chi connectivity index (χ1n) is 8.95. The van der Waals surface area contributed by atoms with Crippen LogP contribution in [0.3, 0.4) is 0 Å². The van der Waals surface area contributed by atoms with E-state index in [1.54, 1.807) is 37.9 Å². The van der Waals surface area contributed by atoms with Crippen LogP contribution in [0.5, 0.6) is 0 Å². The molecular formula is C21H21N3O3S. The highest BCUT2D eigenvalue weighted by Crippen LogP contribution is 2.28. The van der Waals surface area contributed by atoms with E-state index in [-0.39, 0.29) is 5.97 Å². The van der Waals surface area contributed by atoms with E-state index >= 15 is 0 Å². The number of thioether (sulfide) groups is 1. The Hall–Kier alpha value is -2.82. The van der Waals surface area contributed by atoms with Crippen LogP contribution >= 0.6 is 11.8 Å². The molecule has 2 aromatic carbocycles. The zero-order valence-electron chi connectivity index (χ0n) is 15.8. The summed E-state index contributed by atoms with van der Waals surface area (Å²) >= 11 is 1.56. The summed E-state index contributed by atoms with van der Waals surface area (Å²) in [6, 6.07) is 15.2. The Morgan fingerprint density at radius 1 is 1.29 bits per heavy atom. The number of nitriles is 1. The zero-order valence-corrected chi connectivity index (χ0v) is 16.7. The summed E-state index contributed by atoms with van der Waals surface area (Å²) in [6.45, 7) is 3.31. The highest BCUT2D eigenvalue weighted by atomic mass is 32.2. The summed E-state index contributed by atoms with van der Waals surface area (Å²) in [4.78, 5) is 16.7. The average Bonchev–Trinajstić information content (AvgIpc) is 3.07. The summed E-state index contributed by atoms with van der Waals surface area (Å²) < 4.78 is 12.4. The second kappa shape index (κ2) is 9.40. The van der Waals surface area contributed by atoms with Crippen molar-refractivity contribution in [2.45, 2.75) is 24.4 Å². The fourth-order valence-electron chi connectivity index (χ4n) is 2.86. The second-order valence-corrected chi connectivity index (χ2v) is 6.96. The SMILES string of the molecule is CCOC(=O)c1ccc2c(c1)nc(SCc1ccccc1C#N)n2CCOC. The zero-order chi connectivity index (χ0) is 19.9. The number of hydrogen-bond donors (Lipinski definition) is 0. The molecule has 0 fully saturated rings. The van der Waals surface area contributed by atoms with Crippen molar-refractivity contribution in [1.29, 1.82) is 5.26 Å². The number of hydrogen-bond acceptors (Lipinski definition) is 6. The predicted octanol–water partition coefficient (Wildman–Crippen LogP) is 4.02. The molecule has 144 valence electrons. The number of methoxy groups -OCH3 is 1. The quantitative estimate of drug-likeness (QED) is 0.423. The number of carbonyl (C=O) groups excluding carboxylic acids is 1. The van der Waals surface area contributed by atoms with E-state index in [4.69, 9.17) is 14.5 Å². The van der Waals surface area contributed by atoms with Crippen LogP contribution in [0.4, 0.5) is 0 Å². The van der Waals surface area contributed by atoms with Crippen molar-refractivity contribution in [1.82, 2.24) is 9.55 Å². The summed E-state index contributed by atoms with van der Waals surface area (Å²) in [5.74, 6) is 0.276. The van der Waals surface area contributed by atoms with Gasteiger partial charge in [0, 0.05) is 19.4 Å². The van der Waals surface area contributed by atoms with Crippen molar-refractivity contribution in [2.24, 2.45) is 0 Å². The molecule has 0 saturated heterocycles. The lowest BCUT2D eigenvalue weighted by atomic mass is 10.1. The van der Waals surface area contributed by atoms with Gasteiger partial charge in [-0.05, 0) is 36.8 Å². The molecular weight excluding hydrogens is 374 g/mol. The molecule has 1 aromatic heterocycles. The fourth-order valence-corrected chi connectivity index (χ4v) is 3.90. The molecule has 3 aromatic rings. The van der Waals surface area contributed by atoms with E-state index in [0.29, 0.717) is 36.6 Å². The normalized spacial score (nSPS) is 10.8. The van der Waals surface area contributed by atoms with Gasteiger partial charge in [0.15, 0.2) is 5.16 Å². The highest BCUT2D eigenvalue weighted by Gasteiger charge is 2.15. The molecule has 0 unspecified atom stereocenters. The Labute approximate surface area is 168 Å². The molecule has 0 bridgehead atoms. The molecule has 1 heterocycles. The number of aromatic nitrogens is 2. The number of nitrogens with zero attached hydrogens (tertiary/aromatic N) is 3. The van der Waals surface area contributed by atoms with Crippen LogP contribution < -0.4 is 0 Å². The molecule has 3 rings (SSSR count). The number of carbonyl (C=O) groups is 1. The minimum absolute atomic E-state index is 0.332. The number of rotatable bonds is 8. The topological polar surface area (TPSA) is 77.1 Å². The van der Waals surface area contributed by atoms with Gasteiger partial charge < -0.3 is 14.0 Å². The Balaban J connectivity index is 1.93. The van der Waals surface area contributed by atoms with Gasteiger partial charge >= 0.3 is 5.97 Å². The number of benzene rings is 2. The van der Waals surface area contributed by atoms with Crippen LogP contribution in [0.25, 0.3) is 11.0 Å². The van der Waals surface area contributed by atoms with Crippen LogP contribution in [0, 0.1) is 11.3 Å². The lowest BCUT2D eigenvalue weighted by molar-refractivity contribution is 0.0526. The third-order valence-electron chi connectivity index (χ3n) is 4.24. The third-order valence-corrected chi connectivity index (χ3v) is 5.26. The largest absolute Gasteiger partial charge is 0.462 e. The first-order valence-corrected chi connectivity index (χ1v) is 9.93. The van der Waals surface area contributed by atoms with Crippen LogP contribution in [0.15, 0.2) is 47.6 Å². The van der Waals surface area contributed by atoms with Crippen molar-refractivity contribution in [3.63, 3.8) is 0 Å². The smallest absolute Gasteiger partial charge is 0.338 e. The van der Waals surface area contributed by atoms with Crippen LogP contribution in [-0.2, 0) is 21.8 Å². The van der Waals surface area contributed by atoms with Gasteiger partial charge in [-0.3, -0.25) is 0 Å². The number of imidazole rings is 1. The van der Waals surface area contributed by atoms with E-state index in [1.165, 1.54) is 0 Å². The van der Waals surface area contributed by atoms with Gasteiger partial charge in [-0.2, -0.15) is 5.26 Å². The van der Waals surface area contributed by atoms with Crippen molar-refractivity contribution in [3.05, 3.63) is 59.2 Å². The highest BCUT2D eigenvalue weighted by molar-refractivity contribution is 7.98. The molecule has 0 aliphatic heterocycles.